The standard InChI is InChI=1S/C11H19N3S/c1-10-11(9-12,3-2-8-15-10)14-6-4-13-5-7-14/h10,13H,2-8H2,1H3. The zero-order valence-electron chi connectivity index (χ0n) is 9.33. The molecule has 1 N–H and O–H groups in total. The molecule has 4 heteroatoms. The smallest absolute Gasteiger partial charge is 0.121 e. The topological polar surface area (TPSA) is 39.1 Å². The van der Waals surface area contributed by atoms with Crippen LogP contribution in [-0.4, -0.2) is 47.6 Å². The Morgan fingerprint density at radius 2 is 2.20 bits per heavy atom. The molecule has 2 unspecified atom stereocenters. The van der Waals surface area contributed by atoms with E-state index in [2.05, 4.69) is 23.2 Å². The van der Waals surface area contributed by atoms with Gasteiger partial charge in [-0.05, 0) is 18.6 Å². The van der Waals surface area contributed by atoms with Gasteiger partial charge >= 0.3 is 0 Å². The Labute approximate surface area is 96.2 Å². The third-order valence-corrected chi connectivity index (χ3v) is 5.03. The number of nitrogens with zero attached hydrogens (tertiary/aromatic N) is 2. The number of piperazine rings is 1. The van der Waals surface area contributed by atoms with Gasteiger partial charge in [0.1, 0.15) is 5.54 Å². The zero-order chi connectivity index (χ0) is 10.7. The van der Waals surface area contributed by atoms with Crippen LogP contribution in [0.15, 0.2) is 0 Å². The summed E-state index contributed by atoms with van der Waals surface area (Å²) in [7, 11) is 0. The van der Waals surface area contributed by atoms with Crippen LogP contribution in [0.5, 0.6) is 0 Å². The second-order valence-electron chi connectivity index (χ2n) is 4.39. The molecule has 2 rings (SSSR count). The van der Waals surface area contributed by atoms with Crippen molar-refractivity contribution >= 4 is 11.8 Å². The van der Waals surface area contributed by atoms with Gasteiger partial charge in [0, 0.05) is 31.4 Å². The average Bonchev–Trinajstić information content (AvgIpc) is 2.31. The van der Waals surface area contributed by atoms with Gasteiger partial charge in [-0.15, -0.1) is 0 Å². The molecule has 2 atom stereocenters. The second kappa shape index (κ2) is 4.73. The van der Waals surface area contributed by atoms with E-state index in [1.807, 2.05) is 11.8 Å². The molecule has 2 aliphatic rings. The highest BCUT2D eigenvalue weighted by atomic mass is 32.2. The fourth-order valence-corrected chi connectivity index (χ4v) is 3.90. The third kappa shape index (κ3) is 2.01. The SMILES string of the molecule is CC1SCCCC1(C#N)N1CCNCC1. The lowest BCUT2D eigenvalue weighted by atomic mass is 9.88. The van der Waals surface area contributed by atoms with Crippen LogP contribution < -0.4 is 5.32 Å². The first-order chi connectivity index (χ1) is 7.29. The van der Waals surface area contributed by atoms with E-state index in [-0.39, 0.29) is 5.54 Å². The molecular weight excluding hydrogens is 206 g/mol. The maximum Gasteiger partial charge on any atom is 0.121 e. The summed E-state index contributed by atoms with van der Waals surface area (Å²) in [5.41, 5.74) is -0.189. The molecular formula is C11H19N3S. The fourth-order valence-electron chi connectivity index (χ4n) is 2.64. The lowest BCUT2D eigenvalue weighted by molar-refractivity contribution is 0.108. The van der Waals surface area contributed by atoms with Crippen LogP contribution in [0.1, 0.15) is 19.8 Å². The molecule has 15 heavy (non-hydrogen) atoms. The Hall–Kier alpha value is -0.240. The molecule has 0 bridgehead atoms. The van der Waals surface area contributed by atoms with Crippen molar-refractivity contribution in [3.63, 3.8) is 0 Å². The molecule has 84 valence electrons. The highest BCUT2D eigenvalue weighted by Crippen LogP contribution is 2.38. The van der Waals surface area contributed by atoms with Crippen LogP contribution in [0.25, 0.3) is 0 Å². The monoisotopic (exact) mass is 225 g/mol. The van der Waals surface area contributed by atoms with Crippen LogP contribution in [0, 0.1) is 11.3 Å². The van der Waals surface area contributed by atoms with Gasteiger partial charge in [-0.3, -0.25) is 4.90 Å². The number of thioether (sulfide) groups is 1. The van der Waals surface area contributed by atoms with Gasteiger partial charge in [0.25, 0.3) is 0 Å². The summed E-state index contributed by atoms with van der Waals surface area (Å²) in [6.45, 7) is 6.33. The summed E-state index contributed by atoms with van der Waals surface area (Å²) < 4.78 is 0. The molecule has 2 fully saturated rings. The summed E-state index contributed by atoms with van der Waals surface area (Å²) in [6, 6.07) is 2.61. The number of rotatable bonds is 1. The molecule has 2 aliphatic heterocycles. The van der Waals surface area contributed by atoms with E-state index in [4.69, 9.17) is 0 Å². The molecule has 0 amide bonds. The van der Waals surface area contributed by atoms with Crippen molar-refractivity contribution in [2.24, 2.45) is 0 Å². The van der Waals surface area contributed by atoms with E-state index in [0.717, 1.165) is 32.6 Å². The van der Waals surface area contributed by atoms with Crippen LogP contribution in [0.2, 0.25) is 0 Å². The van der Waals surface area contributed by atoms with E-state index >= 15 is 0 Å². The quantitative estimate of drug-likeness (QED) is 0.724. The van der Waals surface area contributed by atoms with E-state index in [1.54, 1.807) is 0 Å². The predicted molar refractivity (Wildman–Crippen MR) is 63.9 cm³/mol. The minimum Gasteiger partial charge on any atom is -0.314 e. The van der Waals surface area contributed by atoms with Crippen molar-refractivity contribution in [3.8, 4) is 6.07 Å². The molecule has 2 heterocycles. The molecule has 0 saturated carbocycles. The predicted octanol–water partition coefficient (Wildman–Crippen LogP) is 1.07. The highest BCUT2D eigenvalue weighted by molar-refractivity contribution is 8.00. The van der Waals surface area contributed by atoms with Crippen molar-refractivity contribution in [1.82, 2.24) is 10.2 Å². The van der Waals surface area contributed by atoms with Gasteiger partial charge in [0.2, 0.25) is 0 Å². The maximum atomic E-state index is 9.54. The summed E-state index contributed by atoms with van der Waals surface area (Å²) in [5, 5.41) is 13.3. The largest absolute Gasteiger partial charge is 0.314 e. The van der Waals surface area contributed by atoms with Crippen LogP contribution in [0.4, 0.5) is 0 Å². The lowest BCUT2D eigenvalue weighted by Crippen LogP contribution is -2.60. The Morgan fingerprint density at radius 1 is 1.47 bits per heavy atom. The number of nitriles is 1. The molecule has 2 saturated heterocycles. The Bertz CT molecular complexity index is 257. The Balaban J connectivity index is 2.15. The number of hydrogen-bond acceptors (Lipinski definition) is 4. The number of hydrogen-bond donors (Lipinski definition) is 1. The summed E-state index contributed by atoms with van der Waals surface area (Å²) in [4.78, 5) is 2.40. The van der Waals surface area contributed by atoms with Crippen LogP contribution in [0.3, 0.4) is 0 Å². The molecule has 0 radical (unpaired) electrons. The minimum absolute atomic E-state index is 0.189. The first-order valence-electron chi connectivity index (χ1n) is 5.78. The summed E-state index contributed by atoms with van der Waals surface area (Å²) >= 11 is 1.96. The first-order valence-corrected chi connectivity index (χ1v) is 6.83. The van der Waals surface area contributed by atoms with Gasteiger partial charge in [-0.25, -0.2) is 0 Å². The molecule has 3 nitrogen and oxygen atoms in total. The van der Waals surface area contributed by atoms with E-state index in [1.165, 1.54) is 12.2 Å². The normalized spacial score (nSPS) is 38.5. The maximum absolute atomic E-state index is 9.54. The fraction of sp³-hybridized carbons (Fsp3) is 0.909. The Morgan fingerprint density at radius 3 is 2.80 bits per heavy atom. The summed E-state index contributed by atoms with van der Waals surface area (Å²) in [6.07, 6.45) is 2.24. The van der Waals surface area contributed by atoms with Crippen molar-refractivity contribution in [1.29, 1.82) is 5.26 Å². The number of nitrogens with one attached hydrogen (secondary N) is 1. The third-order valence-electron chi connectivity index (χ3n) is 3.62. The summed E-state index contributed by atoms with van der Waals surface area (Å²) in [5.74, 6) is 1.22. The van der Waals surface area contributed by atoms with E-state index in [9.17, 15) is 5.26 Å². The van der Waals surface area contributed by atoms with Crippen molar-refractivity contribution in [3.05, 3.63) is 0 Å². The van der Waals surface area contributed by atoms with Crippen LogP contribution >= 0.6 is 11.8 Å². The van der Waals surface area contributed by atoms with Gasteiger partial charge < -0.3 is 5.32 Å². The van der Waals surface area contributed by atoms with E-state index < -0.39 is 0 Å². The van der Waals surface area contributed by atoms with E-state index in [0.29, 0.717) is 5.25 Å². The zero-order valence-corrected chi connectivity index (χ0v) is 10.1. The molecule has 0 aromatic carbocycles. The van der Waals surface area contributed by atoms with Gasteiger partial charge in [-0.1, -0.05) is 6.92 Å². The molecule has 0 aliphatic carbocycles. The van der Waals surface area contributed by atoms with Gasteiger partial charge in [-0.2, -0.15) is 17.0 Å². The van der Waals surface area contributed by atoms with Crippen molar-refractivity contribution in [2.75, 3.05) is 31.9 Å². The Kier molecular flexibility index (Phi) is 3.55. The lowest BCUT2D eigenvalue weighted by Gasteiger charge is -2.46. The first kappa shape index (κ1) is 11.3. The van der Waals surface area contributed by atoms with Crippen LogP contribution in [-0.2, 0) is 0 Å². The van der Waals surface area contributed by atoms with Crippen molar-refractivity contribution < 1.29 is 0 Å². The second-order valence-corrected chi connectivity index (χ2v) is 5.84. The highest BCUT2D eigenvalue weighted by Gasteiger charge is 2.44. The van der Waals surface area contributed by atoms with Gasteiger partial charge in [0.15, 0.2) is 0 Å². The molecule has 0 aromatic rings. The minimum atomic E-state index is -0.189. The molecule has 0 aromatic heterocycles. The van der Waals surface area contributed by atoms with Crippen molar-refractivity contribution in [2.45, 2.75) is 30.6 Å². The molecule has 0 spiro atoms. The average molecular weight is 225 g/mol. The van der Waals surface area contributed by atoms with Gasteiger partial charge in [0.05, 0.1) is 6.07 Å².